The van der Waals surface area contributed by atoms with Crippen LogP contribution in [0.2, 0.25) is 0 Å². The molecule has 1 aromatic heterocycles. The molecule has 0 bridgehead atoms. The predicted octanol–water partition coefficient (Wildman–Crippen LogP) is 3.55. The first-order valence-corrected chi connectivity index (χ1v) is 9.72. The Labute approximate surface area is 157 Å². The fraction of sp³-hybridized carbons (Fsp3) is 0.400. The smallest absolute Gasteiger partial charge is 0.258 e. The van der Waals surface area contributed by atoms with Crippen molar-refractivity contribution in [3.63, 3.8) is 0 Å². The van der Waals surface area contributed by atoms with Crippen LogP contribution >= 0.6 is 11.3 Å². The number of ether oxygens (including phenoxy) is 1. The topological polar surface area (TPSA) is 72.6 Å². The molecule has 0 spiro atoms. The van der Waals surface area contributed by atoms with Crippen LogP contribution in [0.15, 0.2) is 36.4 Å². The highest BCUT2D eigenvalue weighted by atomic mass is 32.1. The van der Waals surface area contributed by atoms with Crippen molar-refractivity contribution >= 4 is 23.2 Å². The van der Waals surface area contributed by atoms with Crippen molar-refractivity contribution in [2.24, 2.45) is 5.73 Å². The third-order valence-electron chi connectivity index (χ3n) is 4.81. The van der Waals surface area contributed by atoms with E-state index in [2.05, 4.69) is 0 Å². The summed E-state index contributed by atoms with van der Waals surface area (Å²) < 4.78 is 5.19. The Hall–Kier alpha value is -2.18. The van der Waals surface area contributed by atoms with Crippen molar-refractivity contribution in [1.82, 2.24) is 4.90 Å². The zero-order valence-electron chi connectivity index (χ0n) is 14.9. The molecular formula is C20H24N2O3S. The van der Waals surface area contributed by atoms with Crippen molar-refractivity contribution < 1.29 is 14.3 Å². The minimum atomic E-state index is -0.416. The Morgan fingerprint density at radius 1 is 1.19 bits per heavy atom. The van der Waals surface area contributed by atoms with Crippen LogP contribution < -0.4 is 5.73 Å². The summed E-state index contributed by atoms with van der Waals surface area (Å²) in [6.07, 6.45) is 4.14. The van der Waals surface area contributed by atoms with Gasteiger partial charge in [0.15, 0.2) is 0 Å². The van der Waals surface area contributed by atoms with Gasteiger partial charge in [-0.25, -0.2) is 0 Å². The second-order valence-corrected chi connectivity index (χ2v) is 7.62. The Balaban J connectivity index is 1.74. The lowest BCUT2D eigenvalue weighted by molar-refractivity contribution is 0.0553. The van der Waals surface area contributed by atoms with E-state index in [0.29, 0.717) is 17.0 Å². The first-order valence-electron chi connectivity index (χ1n) is 8.90. The summed E-state index contributed by atoms with van der Waals surface area (Å²) in [5.74, 6) is -0.332. The molecule has 0 aliphatic carbocycles. The van der Waals surface area contributed by atoms with Gasteiger partial charge in [-0.05, 0) is 55.5 Å². The van der Waals surface area contributed by atoms with Crippen LogP contribution in [0.3, 0.4) is 0 Å². The van der Waals surface area contributed by atoms with E-state index in [1.165, 1.54) is 11.3 Å². The number of nitrogens with zero attached hydrogens (tertiary/aromatic N) is 1. The minimum absolute atomic E-state index is 0.0846. The number of carbonyl (C=O) groups is 2. The zero-order chi connectivity index (χ0) is 18.5. The summed E-state index contributed by atoms with van der Waals surface area (Å²) in [5, 5.41) is 0. The van der Waals surface area contributed by atoms with Gasteiger partial charge in [-0.2, -0.15) is 0 Å². The number of nitrogens with two attached hydrogens (primary N) is 1. The number of hydrogen-bond donors (Lipinski definition) is 1. The van der Waals surface area contributed by atoms with Crippen molar-refractivity contribution in [3.8, 4) is 10.4 Å². The maximum Gasteiger partial charge on any atom is 0.258 e. The maximum atomic E-state index is 12.9. The van der Waals surface area contributed by atoms with Crippen molar-refractivity contribution in [3.05, 3.63) is 46.8 Å². The van der Waals surface area contributed by atoms with Crippen LogP contribution in [0.25, 0.3) is 10.4 Å². The largest absolute Gasteiger partial charge is 0.385 e. The van der Waals surface area contributed by atoms with E-state index in [-0.39, 0.29) is 11.9 Å². The van der Waals surface area contributed by atoms with Gasteiger partial charge in [0.25, 0.3) is 11.8 Å². The van der Waals surface area contributed by atoms with E-state index in [9.17, 15) is 9.59 Å². The average molecular weight is 372 g/mol. The summed E-state index contributed by atoms with van der Waals surface area (Å²) in [6, 6.07) is 11.5. The summed E-state index contributed by atoms with van der Waals surface area (Å²) in [5.41, 5.74) is 6.99. The van der Waals surface area contributed by atoms with Crippen molar-refractivity contribution in [2.45, 2.75) is 31.7 Å². The Kier molecular flexibility index (Phi) is 6.06. The lowest BCUT2D eigenvalue weighted by atomic mass is 9.98. The molecule has 1 saturated heterocycles. The third-order valence-corrected chi connectivity index (χ3v) is 5.96. The Morgan fingerprint density at radius 3 is 2.62 bits per heavy atom. The molecule has 1 atom stereocenters. The molecule has 3 rings (SSSR count). The van der Waals surface area contributed by atoms with Crippen LogP contribution in [-0.4, -0.2) is 43.0 Å². The van der Waals surface area contributed by atoms with Gasteiger partial charge in [0, 0.05) is 36.7 Å². The van der Waals surface area contributed by atoms with Gasteiger partial charge < -0.3 is 15.4 Å². The Morgan fingerprint density at radius 2 is 1.96 bits per heavy atom. The molecule has 0 radical (unpaired) electrons. The van der Waals surface area contributed by atoms with Crippen molar-refractivity contribution in [1.29, 1.82) is 0 Å². The van der Waals surface area contributed by atoms with E-state index in [1.807, 2.05) is 35.2 Å². The number of methoxy groups -OCH3 is 1. The van der Waals surface area contributed by atoms with Crippen LogP contribution in [0.1, 0.15) is 45.7 Å². The number of piperidine rings is 1. The van der Waals surface area contributed by atoms with Crippen LogP contribution in [0.4, 0.5) is 0 Å². The Bertz CT molecular complexity index is 770. The molecule has 138 valence electrons. The van der Waals surface area contributed by atoms with Gasteiger partial charge >= 0.3 is 0 Å². The fourth-order valence-electron chi connectivity index (χ4n) is 3.39. The van der Waals surface area contributed by atoms with Gasteiger partial charge in [-0.1, -0.05) is 12.1 Å². The monoisotopic (exact) mass is 372 g/mol. The second-order valence-electron chi connectivity index (χ2n) is 6.54. The highest BCUT2D eigenvalue weighted by Gasteiger charge is 2.27. The molecule has 1 aliphatic heterocycles. The molecule has 2 heterocycles. The number of benzene rings is 1. The van der Waals surface area contributed by atoms with Gasteiger partial charge in [0.05, 0.1) is 4.88 Å². The quantitative estimate of drug-likeness (QED) is 0.843. The maximum absolute atomic E-state index is 12.9. The molecule has 5 nitrogen and oxygen atoms in total. The minimum Gasteiger partial charge on any atom is -0.385 e. The van der Waals surface area contributed by atoms with Gasteiger partial charge in [-0.15, -0.1) is 11.3 Å². The molecule has 1 aliphatic rings. The first kappa shape index (κ1) is 18.6. The lowest BCUT2D eigenvalue weighted by Gasteiger charge is -2.36. The van der Waals surface area contributed by atoms with Crippen molar-refractivity contribution in [2.75, 3.05) is 20.3 Å². The van der Waals surface area contributed by atoms with Gasteiger partial charge in [-0.3, -0.25) is 9.59 Å². The van der Waals surface area contributed by atoms with E-state index >= 15 is 0 Å². The highest BCUT2D eigenvalue weighted by Crippen LogP contribution is 2.29. The average Bonchev–Trinajstić information content (AvgIpc) is 3.17. The molecular weight excluding hydrogens is 348 g/mol. The predicted molar refractivity (Wildman–Crippen MR) is 103 cm³/mol. The summed E-state index contributed by atoms with van der Waals surface area (Å²) in [4.78, 5) is 27.7. The fourth-order valence-corrected chi connectivity index (χ4v) is 4.25. The molecule has 26 heavy (non-hydrogen) atoms. The summed E-state index contributed by atoms with van der Waals surface area (Å²) in [6.45, 7) is 1.48. The zero-order valence-corrected chi connectivity index (χ0v) is 15.8. The lowest BCUT2D eigenvalue weighted by Crippen LogP contribution is -2.44. The number of amides is 2. The first-order chi connectivity index (χ1) is 12.6. The summed E-state index contributed by atoms with van der Waals surface area (Å²) >= 11 is 1.36. The van der Waals surface area contributed by atoms with E-state index in [4.69, 9.17) is 10.5 Å². The molecule has 2 N–H and O–H groups in total. The second kappa shape index (κ2) is 8.47. The third kappa shape index (κ3) is 4.14. The highest BCUT2D eigenvalue weighted by molar-refractivity contribution is 7.17. The summed E-state index contributed by atoms with van der Waals surface area (Å²) in [7, 11) is 1.70. The molecule has 2 amide bonds. The number of rotatable bonds is 6. The number of thiophene rings is 1. The standard InChI is InChI=1S/C20H24N2O3S/c1-25-13-11-16-4-2-3-12-22(16)20(24)15-7-5-14(6-8-15)17-9-10-18(26-17)19(21)23/h5-10,16H,2-4,11-13H2,1H3,(H2,21,23)/t16-/m0/s1. The van der Waals surface area contributed by atoms with Gasteiger partial charge in [0.1, 0.15) is 0 Å². The van der Waals surface area contributed by atoms with Crippen LogP contribution in [0, 0.1) is 0 Å². The van der Waals surface area contributed by atoms with Gasteiger partial charge in [0.2, 0.25) is 0 Å². The van der Waals surface area contributed by atoms with E-state index in [0.717, 1.165) is 42.7 Å². The molecule has 0 saturated carbocycles. The number of carbonyl (C=O) groups excluding carboxylic acids is 2. The van der Waals surface area contributed by atoms with Crippen LogP contribution in [0.5, 0.6) is 0 Å². The SMILES string of the molecule is COCC[C@@H]1CCCCN1C(=O)c1ccc(-c2ccc(C(N)=O)s2)cc1. The normalized spacial score (nSPS) is 17.3. The molecule has 2 aromatic rings. The molecule has 6 heteroatoms. The van der Waals surface area contributed by atoms with E-state index < -0.39 is 5.91 Å². The number of hydrogen-bond acceptors (Lipinski definition) is 4. The molecule has 1 fully saturated rings. The van der Waals surface area contributed by atoms with E-state index in [1.54, 1.807) is 13.2 Å². The molecule has 1 aromatic carbocycles. The number of primary amides is 1. The number of likely N-dealkylation sites (tertiary alicyclic amines) is 1. The molecule has 0 unspecified atom stereocenters. The van der Waals surface area contributed by atoms with Crippen LogP contribution in [-0.2, 0) is 4.74 Å².